The van der Waals surface area contributed by atoms with Crippen molar-refractivity contribution >= 4 is 11.7 Å². The molecule has 7 bridgehead atoms. The van der Waals surface area contributed by atoms with E-state index in [1.807, 2.05) is 0 Å². The lowest BCUT2D eigenvalue weighted by Crippen LogP contribution is -2.89. The number of benzene rings is 1. The summed E-state index contributed by atoms with van der Waals surface area (Å²) in [5.41, 5.74) is -0.569. The van der Waals surface area contributed by atoms with E-state index in [-0.39, 0.29) is 36.8 Å². The van der Waals surface area contributed by atoms with Crippen LogP contribution in [0.2, 0.25) is 0 Å². The first-order chi connectivity index (χ1) is 19.0. The summed E-state index contributed by atoms with van der Waals surface area (Å²) in [6.07, 6.45) is 0.298. The first-order valence-electron chi connectivity index (χ1n) is 14.6. The number of ether oxygens (including phenoxy) is 4. The minimum absolute atomic E-state index is 0.190. The Labute approximate surface area is 234 Å². The monoisotopic (exact) mass is 558 g/mol. The fourth-order valence-corrected chi connectivity index (χ4v) is 11.3. The number of methoxy groups -OCH3 is 3. The van der Waals surface area contributed by atoms with Crippen LogP contribution >= 0.6 is 0 Å². The van der Waals surface area contributed by atoms with Crippen molar-refractivity contribution in [2.75, 3.05) is 40.2 Å². The van der Waals surface area contributed by atoms with Crippen LogP contribution in [0.5, 0.6) is 0 Å². The molecule has 1 heterocycles. The van der Waals surface area contributed by atoms with E-state index in [0.717, 1.165) is 0 Å². The van der Waals surface area contributed by atoms with Gasteiger partial charge in [0.15, 0.2) is 0 Å². The number of carbonyl (C=O) groups excluding carboxylic acids is 1. The molecule has 40 heavy (non-hydrogen) atoms. The van der Waals surface area contributed by atoms with Gasteiger partial charge in [-0.05, 0) is 44.4 Å². The molecule has 5 N–H and O–H groups in total. The number of hydrogen-bond donors (Lipinski definition) is 4. The first-order valence-corrected chi connectivity index (χ1v) is 14.6. The molecule has 1 aromatic carbocycles. The Morgan fingerprint density at radius 1 is 1.10 bits per heavy atom. The smallest absolute Gasteiger partial charge is 0.340 e. The van der Waals surface area contributed by atoms with Gasteiger partial charge in [-0.3, -0.25) is 4.90 Å². The molecule has 5 saturated carbocycles. The van der Waals surface area contributed by atoms with Gasteiger partial charge in [-0.15, -0.1) is 0 Å². The largest absolute Gasteiger partial charge is 0.454 e. The molecule has 5 aliphatic carbocycles. The van der Waals surface area contributed by atoms with Gasteiger partial charge >= 0.3 is 5.97 Å². The fraction of sp³-hybridized carbons (Fsp3) is 0.767. The number of fused-ring (bicyclic) bond motifs is 2. The third kappa shape index (κ3) is 2.65. The molecule has 1 saturated heterocycles. The summed E-state index contributed by atoms with van der Waals surface area (Å²) in [6.45, 7) is 3.14. The molecule has 10 nitrogen and oxygen atoms in total. The van der Waals surface area contributed by atoms with Crippen molar-refractivity contribution in [1.29, 1.82) is 0 Å². The Morgan fingerprint density at radius 3 is 2.50 bits per heavy atom. The van der Waals surface area contributed by atoms with Crippen LogP contribution in [0.25, 0.3) is 0 Å². The number of likely N-dealkylation sites (tertiary alicyclic amines) is 1. The molecule has 1 spiro atoms. The van der Waals surface area contributed by atoms with Crippen LogP contribution in [0.4, 0.5) is 5.69 Å². The zero-order valence-corrected chi connectivity index (χ0v) is 23.7. The molecule has 10 heteroatoms. The number of carbonyl (C=O) groups is 1. The van der Waals surface area contributed by atoms with E-state index >= 15 is 0 Å². The van der Waals surface area contributed by atoms with Gasteiger partial charge in [0.2, 0.25) is 0 Å². The lowest BCUT2D eigenvalue weighted by molar-refractivity contribution is -0.384. The summed E-state index contributed by atoms with van der Waals surface area (Å²) in [4.78, 5) is 16.0. The molecule has 1 aromatic rings. The second kappa shape index (κ2) is 8.40. The van der Waals surface area contributed by atoms with Crippen molar-refractivity contribution < 1.29 is 39.1 Å². The van der Waals surface area contributed by atoms with Crippen molar-refractivity contribution in [2.24, 2.45) is 23.2 Å². The topological polar surface area (TPSA) is 144 Å². The maximum absolute atomic E-state index is 13.7. The predicted molar refractivity (Wildman–Crippen MR) is 143 cm³/mol. The van der Waals surface area contributed by atoms with E-state index in [2.05, 4.69) is 11.8 Å². The van der Waals surface area contributed by atoms with Crippen molar-refractivity contribution in [3.63, 3.8) is 0 Å². The van der Waals surface area contributed by atoms with Crippen LogP contribution in [-0.4, -0.2) is 107 Å². The van der Waals surface area contributed by atoms with Crippen LogP contribution in [-0.2, 0) is 18.9 Å². The quantitative estimate of drug-likeness (QED) is 0.294. The molecule has 0 aromatic heterocycles. The normalized spacial score (nSPS) is 52.0. The van der Waals surface area contributed by atoms with Gasteiger partial charge in [-0.2, -0.15) is 0 Å². The minimum Gasteiger partial charge on any atom is -0.454 e. The van der Waals surface area contributed by atoms with Crippen molar-refractivity contribution in [3.8, 4) is 0 Å². The number of aliphatic hydroxyl groups is 3. The zero-order chi connectivity index (χ0) is 28.5. The maximum atomic E-state index is 13.7. The zero-order valence-electron chi connectivity index (χ0n) is 23.7. The van der Waals surface area contributed by atoms with Crippen LogP contribution < -0.4 is 5.73 Å². The lowest BCUT2D eigenvalue weighted by atomic mass is 9.42. The Bertz CT molecular complexity index is 1230. The molecular formula is C30H42N2O8. The van der Waals surface area contributed by atoms with Gasteiger partial charge in [-0.25, -0.2) is 4.79 Å². The second-order valence-electron chi connectivity index (χ2n) is 13.2. The number of hydrogen-bond acceptors (Lipinski definition) is 10. The molecule has 0 amide bonds. The molecule has 220 valence electrons. The Balaban J connectivity index is 1.45. The SMILES string of the molecule is CCN1C[C@]2(OC(=O)c3ccccc3N)CC[C@H](OC)[C@@]34[C@@H]2C[C@@H]([C@@H]13)[C@@]1(O)C[C@H](OC)[C@H]2C[C@]4(O)[C@]1(O)[C@H]2OC. The average Bonchev–Trinajstić information content (AvgIpc) is 3.34. The number of nitrogens with two attached hydrogens (primary N) is 1. The third-order valence-electron chi connectivity index (χ3n) is 12.5. The summed E-state index contributed by atoms with van der Waals surface area (Å²) < 4.78 is 24.6. The Kier molecular flexibility index (Phi) is 5.68. The average molecular weight is 559 g/mol. The van der Waals surface area contributed by atoms with E-state index in [1.165, 1.54) is 7.11 Å². The standard InChI is InChI=1S/C30H42N2O8/c1-5-32-15-26(40-25(33)16-8-6-7-9-19(16)31)11-10-22(38-3)29-21(26)12-18(23(29)32)27(34)14-20(37-2)17-13-28(29,35)30(27,36)24(17)39-4/h6-9,17-18,20-24,34-36H,5,10-15,31H2,1-4H3/t17-,18+,20+,21-,22+,23-,24+,26-,27+,28-,29+,30+/m1/s1. The molecular weight excluding hydrogens is 516 g/mol. The number of nitrogen functional groups attached to an aromatic ring is 1. The fourth-order valence-electron chi connectivity index (χ4n) is 11.3. The minimum atomic E-state index is -1.95. The van der Waals surface area contributed by atoms with E-state index in [0.29, 0.717) is 43.6 Å². The summed E-state index contributed by atoms with van der Waals surface area (Å²) in [5.74, 6) is -1.60. The molecule has 6 aliphatic rings. The number of para-hydroxylation sites is 1. The van der Waals surface area contributed by atoms with Gasteiger partial charge in [0, 0.05) is 63.8 Å². The number of nitrogens with zero attached hydrogens (tertiary/aromatic N) is 1. The number of esters is 1. The number of likely N-dealkylation sites (N-methyl/N-ethyl adjacent to an activating group) is 1. The number of piperidine rings is 1. The first kappa shape index (κ1) is 27.1. The third-order valence-corrected chi connectivity index (χ3v) is 12.5. The summed E-state index contributed by atoms with van der Waals surface area (Å²) in [7, 11) is 4.80. The molecule has 0 radical (unpaired) electrons. The van der Waals surface area contributed by atoms with Crippen LogP contribution in [0.15, 0.2) is 24.3 Å². The summed E-state index contributed by atoms with van der Waals surface area (Å²) in [6, 6.07) is 6.60. The lowest BCUT2D eigenvalue weighted by Gasteiger charge is -2.73. The van der Waals surface area contributed by atoms with Crippen LogP contribution in [0.1, 0.15) is 49.4 Å². The van der Waals surface area contributed by atoms with E-state index in [4.69, 9.17) is 24.7 Å². The molecule has 0 unspecified atom stereocenters. The van der Waals surface area contributed by atoms with Crippen molar-refractivity contribution in [3.05, 3.63) is 29.8 Å². The predicted octanol–water partition coefficient (Wildman–Crippen LogP) is 0.960. The van der Waals surface area contributed by atoms with E-state index in [9.17, 15) is 20.1 Å². The summed E-state index contributed by atoms with van der Waals surface area (Å²) in [5, 5.41) is 38.8. The molecule has 1 aliphatic heterocycles. The highest BCUT2D eigenvalue weighted by Crippen LogP contribution is 2.80. The summed E-state index contributed by atoms with van der Waals surface area (Å²) >= 11 is 0. The van der Waals surface area contributed by atoms with E-state index in [1.54, 1.807) is 38.5 Å². The van der Waals surface area contributed by atoms with Gasteiger partial charge in [0.1, 0.15) is 22.4 Å². The van der Waals surface area contributed by atoms with Gasteiger partial charge < -0.3 is 40.0 Å². The molecule has 7 rings (SSSR count). The van der Waals surface area contributed by atoms with Crippen LogP contribution in [0, 0.1) is 23.2 Å². The van der Waals surface area contributed by atoms with E-state index < -0.39 is 51.9 Å². The number of rotatable bonds is 6. The van der Waals surface area contributed by atoms with Gasteiger partial charge in [-0.1, -0.05) is 19.1 Å². The highest BCUT2D eigenvalue weighted by molar-refractivity contribution is 5.95. The number of anilines is 1. The maximum Gasteiger partial charge on any atom is 0.340 e. The van der Waals surface area contributed by atoms with Gasteiger partial charge in [0.25, 0.3) is 0 Å². The van der Waals surface area contributed by atoms with Crippen molar-refractivity contribution in [2.45, 2.75) is 85.8 Å². The van der Waals surface area contributed by atoms with Crippen LogP contribution in [0.3, 0.4) is 0 Å². The Hall–Kier alpha value is -1.79. The second-order valence-corrected chi connectivity index (χ2v) is 13.2. The Morgan fingerprint density at radius 2 is 1.85 bits per heavy atom. The molecule has 12 atom stereocenters. The highest BCUT2D eigenvalue weighted by atomic mass is 16.6. The highest BCUT2D eigenvalue weighted by Gasteiger charge is 2.94. The molecule has 6 fully saturated rings. The van der Waals surface area contributed by atoms with Crippen molar-refractivity contribution in [1.82, 2.24) is 4.90 Å². The van der Waals surface area contributed by atoms with Gasteiger partial charge in [0.05, 0.1) is 29.3 Å².